The summed E-state index contributed by atoms with van der Waals surface area (Å²) in [4.78, 5) is 16.1. The van der Waals surface area contributed by atoms with Crippen LogP contribution in [0.1, 0.15) is 5.56 Å². The molecule has 1 fully saturated rings. The lowest BCUT2D eigenvalue weighted by molar-refractivity contribution is -0.126. The Balaban J connectivity index is 1.60. The van der Waals surface area contributed by atoms with Crippen LogP contribution in [0.5, 0.6) is 0 Å². The molecule has 2 N–H and O–H groups in total. The smallest absolute Gasteiger partial charge is 0.239 e. The normalized spacial score (nSPS) is 19.5. The summed E-state index contributed by atoms with van der Waals surface area (Å²) in [5.74, 6) is -0.0251. The number of nitrogens with zero attached hydrogens (tertiary/aromatic N) is 2. The molecule has 1 atom stereocenters. The van der Waals surface area contributed by atoms with Crippen LogP contribution < -0.4 is 10.6 Å². The van der Waals surface area contributed by atoms with Gasteiger partial charge in [-0.05, 0) is 17.7 Å². The zero-order chi connectivity index (χ0) is 13.1. The molecule has 6 nitrogen and oxygen atoms in total. The predicted octanol–water partition coefficient (Wildman–Crippen LogP) is -0.0611. The van der Waals surface area contributed by atoms with Gasteiger partial charge >= 0.3 is 0 Å². The molecule has 1 saturated heterocycles. The largest absolute Gasteiger partial charge is 0.378 e. The summed E-state index contributed by atoms with van der Waals surface area (Å²) in [5, 5.41) is 6.03. The van der Waals surface area contributed by atoms with Crippen LogP contribution in [-0.4, -0.2) is 41.1 Å². The second kappa shape index (κ2) is 5.38. The van der Waals surface area contributed by atoms with E-state index in [1.165, 1.54) is 0 Å². The van der Waals surface area contributed by atoms with Crippen molar-refractivity contribution >= 4 is 11.6 Å². The minimum absolute atomic E-state index is 0.0251. The Morgan fingerprint density at radius 1 is 1.58 bits per heavy atom. The van der Waals surface area contributed by atoms with Crippen molar-refractivity contribution in [2.45, 2.75) is 12.6 Å². The number of pyridine rings is 1. The van der Waals surface area contributed by atoms with E-state index < -0.39 is 0 Å². The molecule has 6 heteroatoms. The minimum atomic E-state index is -0.246. The first-order valence-corrected chi connectivity index (χ1v) is 6.33. The van der Waals surface area contributed by atoms with Gasteiger partial charge in [-0.3, -0.25) is 4.79 Å². The maximum absolute atomic E-state index is 11.9. The molecule has 3 rings (SSSR count). The lowest BCUT2D eigenvalue weighted by Gasteiger charge is -2.22. The van der Waals surface area contributed by atoms with Crippen LogP contribution in [0.4, 0.5) is 0 Å². The van der Waals surface area contributed by atoms with Crippen LogP contribution in [0.15, 0.2) is 30.7 Å². The van der Waals surface area contributed by atoms with Crippen LogP contribution >= 0.6 is 0 Å². The molecular formula is C13H16N4O2. The number of rotatable bonds is 3. The highest BCUT2D eigenvalue weighted by molar-refractivity contribution is 5.82. The Bertz CT molecular complexity index is 575. The van der Waals surface area contributed by atoms with E-state index in [1.807, 2.05) is 28.9 Å². The summed E-state index contributed by atoms with van der Waals surface area (Å²) in [6, 6.07) is 3.69. The Morgan fingerprint density at radius 3 is 3.37 bits per heavy atom. The van der Waals surface area contributed by atoms with Gasteiger partial charge in [-0.1, -0.05) is 0 Å². The zero-order valence-corrected chi connectivity index (χ0v) is 10.5. The average molecular weight is 260 g/mol. The van der Waals surface area contributed by atoms with Crippen molar-refractivity contribution in [2.24, 2.45) is 0 Å². The van der Waals surface area contributed by atoms with Gasteiger partial charge in [0.05, 0.1) is 13.2 Å². The summed E-state index contributed by atoms with van der Waals surface area (Å²) >= 11 is 0. The molecule has 2 aromatic rings. The third-order valence-corrected chi connectivity index (χ3v) is 3.17. The van der Waals surface area contributed by atoms with Crippen molar-refractivity contribution < 1.29 is 9.53 Å². The molecule has 100 valence electrons. The highest BCUT2D eigenvalue weighted by Crippen LogP contribution is 2.05. The molecule has 0 aliphatic carbocycles. The molecule has 1 aliphatic rings. The molecular weight excluding hydrogens is 244 g/mol. The van der Waals surface area contributed by atoms with E-state index in [4.69, 9.17) is 4.74 Å². The monoisotopic (exact) mass is 260 g/mol. The third kappa shape index (κ3) is 2.74. The highest BCUT2D eigenvalue weighted by atomic mass is 16.5. The van der Waals surface area contributed by atoms with Gasteiger partial charge in [-0.15, -0.1) is 0 Å². The van der Waals surface area contributed by atoms with Gasteiger partial charge in [0.25, 0.3) is 0 Å². The third-order valence-electron chi connectivity index (χ3n) is 3.17. The maximum atomic E-state index is 11.9. The Labute approximate surface area is 110 Å². The quantitative estimate of drug-likeness (QED) is 0.811. The van der Waals surface area contributed by atoms with Crippen molar-refractivity contribution in [1.29, 1.82) is 0 Å². The lowest BCUT2D eigenvalue weighted by Crippen LogP contribution is -2.51. The molecule has 19 heavy (non-hydrogen) atoms. The summed E-state index contributed by atoms with van der Waals surface area (Å²) in [5.41, 5.74) is 1.91. The number of morpholine rings is 1. The van der Waals surface area contributed by atoms with Crippen LogP contribution in [0.3, 0.4) is 0 Å². The highest BCUT2D eigenvalue weighted by Gasteiger charge is 2.20. The summed E-state index contributed by atoms with van der Waals surface area (Å²) in [6.07, 6.45) is 5.58. The van der Waals surface area contributed by atoms with Crippen molar-refractivity contribution in [2.75, 3.05) is 19.8 Å². The van der Waals surface area contributed by atoms with E-state index in [0.29, 0.717) is 19.8 Å². The topological polar surface area (TPSA) is 67.7 Å². The number of nitrogens with one attached hydrogen (secondary N) is 2. The van der Waals surface area contributed by atoms with Gasteiger partial charge in [0.1, 0.15) is 11.7 Å². The molecule has 0 aromatic carbocycles. The van der Waals surface area contributed by atoms with E-state index in [0.717, 1.165) is 17.8 Å². The second-order valence-electron chi connectivity index (χ2n) is 4.53. The number of ether oxygens (including phenoxy) is 1. The van der Waals surface area contributed by atoms with E-state index in [2.05, 4.69) is 15.6 Å². The van der Waals surface area contributed by atoms with Crippen molar-refractivity contribution in [3.63, 3.8) is 0 Å². The lowest BCUT2D eigenvalue weighted by atomic mass is 10.2. The summed E-state index contributed by atoms with van der Waals surface area (Å²) in [7, 11) is 0. The fourth-order valence-electron chi connectivity index (χ4n) is 2.11. The van der Waals surface area contributed by atoms with Crippen molar-refractivity contribution in [3.8, 4) is 0 Å². The number of aromatic nitrogens is 2. The molecule has 3 heterocycles. The van der Waals surface area contributed by atoms with Gasteiger partial charge in [0.2, 0.25) is 5.91 Å². The summed E-state index contributed by atoms with van der Waals surface area (Å²) in [6.45, 7) is 2.32. The molecule has 0 unspecified atom stereocenters. The first-order chi connectivity index (χ1) is 9.33. The van der Waals surface area contributed by atoms with Crippen molar-refractivity contribution in [1.82, 2.24) is 20.0 Å². The molecule has 1 amide bonds. The standard InChI is InChI=1S/C13H16N4O2/c18-13(11-9-19-6-3-14-11)16-8-10-1-4-17-5-2-15-12(17)7-10/h1-2,4-5,7,11,14H,3,6,8-9H2,(H,16,18)/t11-/m0/s1. The van der Waals surface area contributed by atoms with Gasteiger partial charge in [-0.2, -0.15) is 0 Å². The average Bonchev–Trinajstić information content (AvgIpc) is 2.93. The van der Waals surface area contributed by atoms with E-state index in [1.54, 1.807) is 6.20 Å². The number of amides is 1. The Hall–Kier alpha value is -1.92. The summed E-state index contributed by atoms with van der Waals surface area (Å²) < 4.78 is 7.20. The molecule has 0 radical (unpaired) electrons. The minimum Gasteiger partial charge on any atom is -0.378 e. The van der Waals surface area contributed by atoms with Crippen LogP contribution in [0, 0.1) is 0 Å². The Morgan fingerprint density at radius 2 is 2.53 bits per heavy atom. The van der Waals surface area contributed by atoms with Crippen LogP contribution in [-0.2, 0) is 16.1 Å². The van der Waals surface area contributed by atoms with Crippen LogP contribution in [0.25, 0.3) is 5.65 Å². The number of hydrogen-bond acceptors (Lipinski definition) is 4. The zero-order valence-electron chi connectivity index (χ0n) is 10.5. The predicted molar refractivity (Wildman–Crippen MR) is 69.6 cm³/mol. The second-order valence-corrected chi connectivity index (χ2v) is 4.53. The first-order valence-electron chi connectivity index (χ1n) is 6.33. The van der Waals surface area contributed by atoms with E-state index in [9.17, 15) is 4.79 Å². The SMILES string of the molecule is O=C(NCc1ccn2ccnc2c1)[C@@H]1COCCN1. The van der Waals surface area contributed by atoms with E-state index in [-0.39, 0.29) is 11.9 Å². The number of carbonyl (C=O) groups is 1. The van der Waals surface area contributed by atoms with Gasteiger partial charge < -0.3 is 19.8 Å². The van der Waals surface area contributed by atoms with Gasteiger partial charge in [0.15, 0.2) is 0 Å². The fourth-order valence-corrected chi connectivity index (χ4v) is 2.11. The van der Waals surface area contributed by atoms with Gasteiger partial charge in [0, 0.05) is 31.7 Å². The molecule has 1 aliphatic heterocycles. The van der Waals surface area contributed by atoms with Crippen LogP contribution in [0.2, 0.25) is 0 Å². The Kier molecular flexibility index (Phi) is 3.43. The molecule has 2 aromatic heterocycles. The van der Waals surface area contributed by atoms with Crippen molar-refractivity contribution in [3.05, 3.63) is 36.3 Å². The first kappa shape index (κ1) is 12.1. The van der Waals surface area contributed by atoms with Gasteiger partial charge in [-0.25, -0.2) is 4.98 Å². The number of fused-ring (bicyclic) bond motifs is 1. The molecule has 0 saturated carbocycles. The van der Waals surface area contributed by atoms with E-state index >= 15 is 0 Å². The maximum Gasteiger partial charge on any atom is 0.239 e. The molecule has 0 bridgehead atoms. The number of carbonyl (C=O) groups excluding carboxylic acids is 1. The number of hydrogen-bond donors (Lipinski definition) is 2. The fraction of sp³-hybridized carbons (Fsp3) is 0.385. The molecule has 0 spiro atoms. The number of imidazole rings is 1.